The second kappa shape index (κ2) is 13.3. The SMILES string of the molecule is CCc1ccc(N(C(=O)CNC(=O)c2cccs2)[C@@H](C(=O)NC(C)(C)C)c2cc(OC)c(OC)c(OC)c2)cc1. The lowest BCUT2D eigenvalue weighted by molar-refractivity contribution is -0.127. The first kappa shape index (κ1) is 30.5. The standard InChI is InChI=1S/C30H37N3O6S/c1-8-19-11-13-21(14-12-19)33(25(34)18-31-28(35)24-10-9-15-40-24)26(29(36)32-30(2,3)4)20-16-22(37-5)27(39-7)23(17-20)38-6/h9-17,26H,8,18H2,1-7H3,(H,31,35)(H,32,36)/t26-/m1/s1. The van der Waals surface area contributed by atoms with Gasteiger partial charge in [0.05, 0.1) is 32.8 Å². The van der Waals surface area contributed by atoms with Crippen molar-refractivity contribution in [3.8, 4) is 17.2 Å². The molecule has 2 N–H and O–H groups in total. The molecule has 10 heteroatoms. The van der Waals surface area contributed by atoms with E-state index in [2.05, 4.69) is 10.6 Å². The highest BCUT2D eigenvalue weighted by atomic mass is 32.1. The molecule has 0 saturated carbocycles. The molecule has 0 aliphatic heterocycles. The highest BCUT2D eigenvalue weighted by molar-refractivity contribution is 7.12. The number of hydrogen-bond donors (Lipinski definition) is 2. The van der Waals surface area contributed by atoms with Crippen LogP contribution in [-0.4, -0.2) is 51.1 Å². The predicted octanol–water partition coefficient (Wildman–Crippen LogP) is 4.76. The molecule has 40 heavy (non-hydrogen) atoms. The summed E-state index contributed by atoms with van der Waals surface area (Å²) in [7, 11) is 4.46. The van der Waals surface area contributed by atoms with Crippen LogP contribution >= 0.6 is 11.3 Å². The molecule has 0 aliphatic carbocycles. The Hall–Kier alpha value is -4.05. The van der Waals surface area contributed by atoms with Gasteiger partial charge in [0, 0.05) is 11.2 Å². The van der Waals surface area contributed by atoms with Crippen LogP contribution in [0.4, 0.5) is 5.69 Å². The van der Waals surface area contributed by atoms with Crippen LogP contribution in [0.25, 0.3) is 0 Å². The lowest BCUT2D eigenvalue weighted by Crippen LogP contribution is -2.51. The molecule has 1 atom stereocenters. The van der Waals surface area contributed by atoms with Gasteiger partial charge in [-0.1, -0.05) is 25.1 Å². The molecule has 0 spiro atoms. The van der Waals surface area contributed by atoms with Crippen molar-refractivity contribution in [3.05, 3.63) is 69.9 Å². The van der Waals surface area contributed by atoms with Crippen LogP contribution in [0.1, 0.15) is 54.5 Å². The summed E-state index contributed by atoms with van der Waals surface area (Å²) in [6, 6.07) is 13.0. The lowest BCUT2D eigenvalue weighted by Gasteiger charge is -2.34. The molecular weight excluding hydrogens is 530 g/mol. The Balaban J connectivity index is 2.16. The first-order chi connectivity index (χ1) is 19.0. The van der Waals surface area contributed by atoms with E-state index in [9.17, 15) is 14.4 Å². The van der Waals surface area contributed by atoms with Crippen molar-refractivity contribution in [3.63, 3.8) is 0 Å². The Labute approximate surface area is 239 Å². The average Bonchev–Trinajstić information content (AvgIpc) is 3.48. The quantitative estimate of drug-likeness (QED) is 0.346. The van der Waals surface area contributed by atoms with Crippen molar-refractivity contribution in [2.75, 3.05) is 32.8 Å². The van der Waals surface area contributed by atoms with Gasteiger partial charge in [0.15, 0.2) is 11.5 Å². The third-order valence-corrected chi connectivity index (χ3v) is 6.91. The summed E-state index contributed by atoms with van der Waals surface area (Å²) < 4.78 is 16.6. The summed E-state index contributed by atoms with van der Waals surface area (Å²) in [6.45, 7) is 7.30. The lowest BCUT2D eigenvalue weighted by atomic mass is 9.99. The number of nitrogens with zero attached hydrogens (tertiary/aromatic N) is 1. The van der Waals surface area contributed by atoms with Crippen LogP contribution < -0.4 is 29.7 Å². The Kier molecular flexibility index (Phi) is 10.2. The van der Waals surface area contributed by atoms with E-state index in [1.165, 1.54) is 37.6 Å². The Morgan fingerprint density at radius 3 is 2.05 bits per heavy atom. The van der Waals surface area contributed by atoms with E-state index in [0.717, 1.165) is 12.0 Å². The number of thiophene rings is 1. The van der Waals surface area contributed by atoms with E-state index in [-0.39, 0.29) is 12.5 Å². The van der Waals surface area contributed by atoms with E-state index >= 15 is 0 Å². The first-order valence-corrected chi connectivity index (χ1v) is 13.8. The van der Waals surface area contributed by atoms with E-state index < -0.39 is 23.4 Å². The van der Waals surface area contributed by atoms with Gasteiger partial charge in [-0.25, -0.2) is 0 Å². The number of hydrogen-bond acceptors (Lipinski definition) is 7. The number of carbonyl (C=O) groups excluding carboxylic acids is 3. The number of ether oxygens (including phenoxy) is 3. The van der Waals surface area contributed by atoms with Crippen molar-refractivity contribution in [2.45, 2.75) is 45.7 Å². The smallest absolute Gasteiger partial charge is 0.261 e. The topological polar surface area (TPSA) is 106 Å². The average molecular weight is 568 g/mol. The summed E-state index contributed by atoms with van der Waals surface area (Å²) in [5.74, 6) is -0.225. The number of aryl methyl sites for hydroxylation is 1. The normalized spacial score (nSPS) is 11.8. The number of anilines is 1. The fourth-order valence-electron chi connectivity index (χ4n) is 4.18. The second-order valence-corrected chi connectivity index (χ2v) is 11.0. The van der Waals surface area contributed by atoms with Crippen molar-refractivity contribution >= 4 is 34.7 Å². The molecule has 0 fully saturated rings. The molecule has 0 radical (unpaired) electrons. The minimum Gasteiger partial charge on any atom is -0.493 e. The van der Waals surface area contributed by atoms with E-state index in [1.54, 1.807) is 41.8 Å². The Morgan fingerprint density at radius 1 is 0.950 bits per heavy atom. The van der Waals surface area contributed by atoms with Gasteiger partial charge in [-0.05, 0) is 74.0 Å². The van der Waals surface area contributed by atoms with Gasteiger partial charge in [-0.3, -0.25) is 19.3 Å². The zero-order valence-electron chi connectivity index (χ0n) is 24.0. The summed E-state index contributed by atoms with van der Waals surface area (Å²) in [6.07, 6.45) is 0.811. The summed E-state index contributed by atoms with van der Waals surface area (Å²) in [5.41, 5.74) is 1.42. The van der Waals surface area contributed by atoms with Crippen LogP contribution in [0.5, 0.6) is 17.2 Å². The van der Waals surface area contributed by atoms with Gasteiger partial charge in [0.25, 0.3) is 5.91 Å². The number of amides is 3. The molecule has 1 aromatic heterocycles. The number of rotatable bonds is 11. The molecule has 0 unspecified atom stereocenters. The maximum Gasteiger partial charge on any atom is 0.261 e. The minimum atomic E-state index is -1.13. The molecule has 3 rings (SSSR count). The number of nitrogens with one attached hydrogen (secondary N) is 2. The molecular formula is C30H37N3O6S. The summed E-state index contributed by atoms with van der Waals surface area (Å²) >= 11 is 1.28. The van der Waals surface area contributed by atoms with Crippen molar-refractivity contribution < 1.29 is 28.6 Å². The molecule has 0 aliphatic rings. The van der Waals surface area contributed by atoms with Crippen LogP contribution in [0.2, 0.25) is 0 Å². The second-order valence-electron chi connectivity index (χ2n) is 10.0. The first-order valence-electron chi connectivity index (χ1n) is 12.9. The van der Waals surface area contributed by atoms with Gasteiger partial charge < -0.3 is 24.8 Å². The van der Waals surface area contributed by atoms with Crippen molar-refractivity contribution in [1.82, 2.24) is 10.6 Å². The molecule has 1 heterocycles. The monoisotopic (exact) mass is 567 g/mol. The molecule has 2 aromatic carbocycles. The van der Waals surface area contributed by atoms with Gasteiger partial charge >= 0.3 is 0 Å². The van der Waals surface area contributed by atoms with Gasteiger partial charge in [0.1, 0.15) is 6.04 Å². The van der Waals surface area contributed by atoms with Crippen molar-refractivity contribution in [1.29, 1.82) is 0 Å². The molecule has 214 valence electrons. The molecule has 0 saturated heterocycles. The zero-order valence-corrected chi connectivity index (χ0v) is 24.8. The van der Waals surface area contributed by atoms with Crippen LogP contribution in [0, 0.1) is 0 Å². The van der Waals surface area contributed by atoms with E-state index in [1.807, 2.05) is 39.8 Å². The highest BCUT2D eigenvalue weighted by Crippen LogP contribution is 2.41. The molecule has 0 bridgehead atoms. The van der Waals surface area contributed by atoms with Crippen LogP contribution in [0.3, 0.4) is 0 Å². The predicted molar refractivity (Wildman–Crippen MR) is 157 cm³/mol. The van der Waals surface area contributed by atoms with E-state index in [0.29, 0.717) is 33.4 Å². The van der Waals surface area contributed by atoms with Gasteiger partial charge in [-0.2, -0.15) is 0 Å². The van der Waals surface area contributed by atoms with Crippen LogP contribution in [0.15, 0.2) is 53.9 Å². The van der Waals surface area contributed by atoms with Crippen molar-refractivity contribution in [2.24, 2.45) is 0 Å². The fourth-order valence-corrected chi connectivity index (χ4v) is 4.82. The summed E-state index contributed by atoms with van der Waals surface area (Å²) in [5, 5.41) is 7.49. The zero-order chi connectivity index (χ0) is 29.4. The third-order valence-electron chi connectivity index (χ3n) is 6.04. The van der Waals surface area contributed by atoms with Crippen LogP contribution in [-0.2, 0) is 16.0 Å². The maximum absolute atomic E-state index is 14.0. The minimum absolute atomic E-state index is 0.323. The van der Waals surface area contributed by atoms with E-state index in [4.69, 9.17) is 14.2 Å². The number of carbonyl (C=O) groups is 3. The Morgan fingerprint density at radius 2 is 1.57 bits per heavy atom. The number of methoxy groups -OCH3 is 3. The maximum atomic E-state index is 14.0. The molecule has 3 amide bonds. The fraction of sp³-hybridized carbons (Fsp3) is 0.367. The Bertz CT molecular complexity index is 1290. The summed E-state index contributed by atoms with van der Waals surface area (Å²) in [4.78, 5) is 42.5. The molecule has 3 aromatic rings. The third kappa shape index (κ3) is 7.32. The van der Waals surface area contributed by atoms with Gasteiger partial charge in [0.2, 0.25) is 17.6 Å². The highest BCUT2D eigenvalue weighted by Gasteiger charge is 2.36. The van der Waals surface area contributed by atoms with Gasteiger partial charge in [-0.15, -0.1) is 11.3 Å². The largest absolute Gasteiger partial charge is 0.493 e. The number of benzene rings is 2. The molecule has 9 nitrogen and oxygen atoms in total.